The van der Waals surface area contributed by atoms with Crippen molar-refractivity contribution in [2.24, 2.45) is 4.99 Å². The van der Waals surface area contributed by atoms with Crippen molar-refractivity contribution >= 4 is 11.6 Å². The standard InChI is InChI=1S/C22H37N5O2/c1-23-22(24-9-13-26-10-6-4-5-7-11-26)25-18-8-12-27(17-18)19-14-20(28-2)16-21(15-19)29-3/h14-16,18H,4-13,17H2,1-3H3,(H2,23,24,25). The molecule has 1 unspecified atom stereocenters. The van der Waals surface area contributed by atoms with Gasteiger partial charge in [0.1, 0.15) is 11.5 Å². The molecule has 2 heterocycles. The van der Waals surface area contributed by atoms with Crippen molar-refractivity contribution in [3.8, 4) is 11.5 Å². The highest BCUT2D eigenvalue weighted by Crippen LogP contribution is 2.30. The van der Waals surface area contributed by atoms with Crippen molar-refractivity contribution in [1.82, 2.24) is 15.5 Å². The minimum atomic E-state index is 0.372. The first-order valence-corrected chi connectivity index (χ1v) is 10.9. The van der Waals surface area contributed by atoms with E-state index in [1.807, 2.05) is 13.1 Å². The Bertz CT molecular complexity index is 636. The Kier molecular flexibility index (Phi) is 8.28. The highest BCUT2D eigenvalue weighted by Gasteiger charge is 2.24. The van der Waals surface area contributed by atoms with Crippen LogP contribution in [0.1, 0.15) is 32.1 Å². The largest absolute Gasteiger partial charge is 0.497 e. The van der Waals surface area contributed by atoms with Gasteiger partial charge in [0.2, 0.25) is 0 Å². The normalized spacial score (nSPS) is 21.0. The van der Waals surface area contributed by atoms with Crippen LogP contribution in [0.15, 0.2) is 23.2 Å². The van der Waals surface area contributed by atoms with Gasteiger partial charge in [0.05, 0.1) is 14.2 Å². The first-order chi connectivity index (χ1) is 14.2. The third-order valence-electron chi connectivity index (χ3n) is 5.87. The first-order valence-electron chi connectivity index (χ1n) is 10.9. The van der Waals surface area contributed by atoms with Crippen LogP contribution in [0.4, 0.5) is 5.69 Å². The van der Waals surface area contributed by atoms with E-state index in [2.05, 4.69) is 37.6 Å². The monoisotopic (exact) mass is 403 g/mol. The summed E-state index contributed by atoms with van der Waals surface area (Å²) in [5, 5.41) is 7.08. The van der Waals surface area contributed by atoms with Crippen LogP contribution in [-0.2, 0) is 0 Å². The number of benzene rings is 1. The van der Waals surface area contributed by atoms with Crippen LogP contribution >= 0.6 is 0 Å². The minimum Gasteiger partial charge on any atom is -0.497 e. The molecule has 1 atom stereocenters. The molecule has 2 saturated heterocycles. The summed E-state index contributed by atoms with van der Waals surface area (Å²) in [6, 6.07) is 6.42. The summed E-state index contributed by atoms with van der Waals surface area (Å²) in [7, 11) is 5.23. The molecule has 2 aliphatic rings. The zero-order valence-electron chi connectivity index (χ0n) is 18.2. The Labute approximate surface area is 175 Å². The van der Waals surface area contributed by atoms with Gasteiger partial charge in [0, 0.05) is 63.2 Å². The Morgan fingerprint density at radius 2 is 1.72 bits per heavy atom. The van der Waals surface area contributed by atoms with E-state index in [9.17, 15) is 0 Å². The molecule has 0 amide bonds. The van der Waals surface area contributed by atoms with Crippen molar-refractivity contribution in [2.75, 3.05) is 65.4 Å². The number of anilines is 1. The fourth-order valence-electron chi connectivity index (χ4n) is 4.17. The quantitative estimate of drug-likeness (QED) is 0.538. The molecule has 7 heteroatoms. The molecule has 0 bridgehead atoms. The molecule has 0 aromatic heterocycles. The molecule has 1 aromatic rings. The number of methoxy groups -OCH3 is 2. The maximum Gasteiger partial charge on any atom is 0.191 e. The van der Waals surface area contributed by atoms with E-state index >= 15 is 0 Å². The van der Waals surface area contributed by atoms with E-state index in [-0.39, 0.29) is 0 Å². The second-order valence-electron chi connectivity index (χ2n) is 7.90. The van der Waals surface area contributed by atoms with Gasteiger partial charge < -0.3 is 29.9 Å². The van der Waals surface area contributed by atoms with E-state index < -0.39 is 0 Å². The van der Waals surface area contributed by atoms with Crippen molar-refractivity contribution in [3.05, 3.63) is 18.2 Å². The maximum atomic E-state index is 5.41. The summed E-state index contributed by atoms with van der Waals surface area (Å²) in [6.45, 7) is 6.41. The number of likely N-dealkylation sites (tertiary alicyclic amines) is 1. The van der Waals surface area contributed by atoms with Crippen LogP contribution in [-0.4, -0.2) is 77.4 Å². The molecule has 1 aromatic carbocycles. The first kappa shape index (κ1) is 21.6. The van der Waals surface area contributed by atoms with Gasteiger partial charge >= 0.3 is 0 Å². The molecule has 3 rings (SSSR count). The number of rotatable bonds is 7. The summed E-state index contributed by atoms with van der Waals surface area (Å²) in [6.07, 6.45) is 6.50. The average molecular weight is 404 g/mol. The molecule has 2 aliphatic heterocycles. The smallest absolute Gasteiger partial charge is 0.191 e. The molecule has 0 saturated carbocycles. The predicted octanol–water partition coefficient (Wildman–Crippen LogP) is 2.32. The van der Waals surface area contributed by atoms with E-state index in [0.29, 0.717) is 6.04 Å². The summed E-state index contributed by atoms with van der Waals surface area (Å²) in [5.41, 5.74) is 1.13. The number of aliphatic imine (C=N–C) groups is 1. The van der Waals surface area contributed by atoms with Gasteiger partial charge in [-0.2, -0.15) is 0 Å². The number of hydrogen-bond donors (Lipinski definition) is 2. The Hall–Kier alpha value is -2.15. The number of ether oxygens (including phenoxy) is 2. The number of guanidine groups is 1. The molecule has 0 radical (unpaired) electrons. The van der Waals surface area contributed by atoms with Crippen LogP contribution in [0, 0.1) is 0 Å². The second-order valence-corrected chi connectivity index (χ2v) is 7.90. The van der Waals surface area contributed by atoms with Crippen LogP contribution < -0.4 is 25.0 Å². The molecule has 0 aliphatic carbocycles. The molecular weight excluding hydrogens is 366 g/mol. The number of nitrogens with zero attached hydrogens (tertiary/aromatic N) is 3. The lowest BCUT2D eigenvalue weighted by Crippen LogP contribution is -2.46. The topological polar surface area (TPSA) is 61.4 Å². The second kappa shape index (κ2) is 11.1. The lowest BCUT2D eigenvalue weighted by molar-refractivity contribution is 0.289. The zero-order valence-corrected chi connectivity index (χ0v) is 18.2. The Balaban J connectivity index is 1.46. The minimum absolute atomic E-state index is 0.372. The Morgan fingerprint density at radius 1 is 1.03 bits per heavy atom. The fourth-order valence-corrected chi connectivity index (χ4v) is 4.17. The maximum absolute atomic E-state index is 5.41. The molecule has 2 fully saturated rings. The molecule has 2 N–H and O–H groups in total. The van der Waals surface area contributed by atoms with Gasteiger partial charge in [-0.25, -0.2) is 0 Å². The fraction of sp³-hybridized carbons (Fsp3) is 0.682. The van der Waals surface area contributed by atoms with E-state index in [0.717, 1.165) is 55.7 Å². The van der Waals surface area contributed by atoms with Crippen molar-refractivity contribution in [3.63, 3.8) is 0 Å². The summed E-state index contributed by atoms with van der Waals surface area (Å²) < 4.78 is 10.8. The van der Waals surface area contributed by atoms with Crippen molar-refractivity contribution in [2.45, 2.75) is 38.1 Å². The van der Waals surface area contributed by atoms with Gasteiger partial charge in [0.25, 0.3) is 0 Å². The van der Waals surface area contributed by atoms with Crippen molar-refractivity contribution in [1.29, 1.82) is 0 Å². The van der Waals surface area contributed by atoms with Gasteiger partial charge in [-0.1, -0.05) is 12.8 Å². The third kappa shape index (κ3) is 6.42. The van der Waals surface area contributed by atoms with Gasteiger partial charge in [-0.05, 0) is 32.4 Å². The molecule has 29 heavy (non-hydrogen) atoms. The highest BCUT2D eigenvalue weighted by molar-refractivity contribution is 5.80. The summed E-state index contributed by atoms with van der Waals surface area (Å²) in [5.74, 6) is 2.54. The molecule has 162 valence electrons. The average Bonchev–Trinajstić information content (AvgIpc) is 3.07. The SMILES string of the molecule is CN=C(NCCN1CCCCCC1)NC1CCN(c2cc(OC)cc(OC)c2)C1. The van der Waals surface area contributed by atoms with Crippen LogP contribution in [0.2, 0.25) is 0 Å². The van der Waals surface area contributed by atoms with Gasteiger partial charge in [0.15, 0.2) is 5.96 Å². The zero-order chi connectivity index (χ0) is 20.5. The lowest BCUT2D eigenvalue weighted by Gasteiger charge is -2.23. The highest BCUT2D eigenvalue weighted by atomic mass is 16.5. The number of hydrogen-bond acceptors (Lipinski definition) is 5. The summed E-state index contributed by atoms with van der Waals surface area (Å²) in [4.78, 5) is 9.36. The third-order valence-corrected chi connectivity index (χ3v) is 5.87. The summed E-state index contributed by atoms with van der Waals surface area (Å²) >= 11 is 0. The van der Waals surface area contributed by atoms with Crippen LogP contribution in [0.3, 0.4) is 0 Å². The van der Waals surface area contributed by atoms with E-state index in [4.69, 9.17) is 9.47 Å². The molecule has 0 spiro atoms. The van der Waals surface area contributed by atoms with Gasteiger partial charge in [-0.15, -0.1) is 0 Å². The molecule has 7 nitrogen and oxygen atoms in total. The van der Waals surface area contributed by atoms with E-state index in [1.165, 1.54) is 38.8 Å². The lowest BCUT2D eigenvalue weighted by atomic mass is 10.2. The van der Waals surface area contributed by atoms with Crippen LogP contribution in [0.5, 0.6) is 11.5 Å². The number of nitrogens with one attached hydrogen (secondary N) is 2. The van der Waals surface area contributed by atoms with Crippen molar-refractivity contribution < 1.29 is 9.47 Å². The van der Waals surface area contributed by atoms with Crippen LogP contribution in [0.25, 0.3) is 0 Å². The molecular formula is C22H37N5O2. The Morgan fingerprint density at radius 3 is 2.34 bits per heavy atom. The van der Waals surface area contributed by atoms with E-state index in [1.54, 1.807) is 14.2 Å². The predicted molar refractivity (Wildman–Crippen MR) is 120 cm³/mol. The van der Waals surface area contributed by atoms with Gasteiger partial charge in [-0.3, -0.25) is 4.99 Å².